The normalized spacial score (nSPS) is 15.7. The molecule has 3 rings (SSSR count). The Morgan fingerprint density at radius 3 is 2.50 bits per heavy atom. The molecule has 1 amide bonds. The number of carbonyl (C=O) groups excluding carboxylic acids is 1. The third kappa shape index (κ3) is 4.58. The van der Waals surface area contributed by atoms with Gasteiger partial charge >= 0.3 is 0 Å². The molecule has 146 valence electrons. The van der Waals surface area contributed by atoms with Gasteiger partial charge in [-0.25, -0.2) is 8.42 Å². The summed E-state index contributed by atoms with van der Waals surface area (Å²) in [7, 11) is -3.52. The third-order valence-corrected chi connectivity index (χ3v) is 6.92. The monoisotopic (exact) mass is 397 g/mol. The molecule has 0 spiro atoms. The van der Waals surface area contributed by atoms with E-state index >= 15 is 0 Å². The molecular weight excluding hydrogens is 374 g/mol. The lowest BCUT2D eigenvalue weighted by atomic mass is 9.97. The van der Waals surface area contributed by atoms with Crippen molar-refractivity contribution in [2.24, 2.45) is 5.92 Å². The molecule has 0 bridgehead atoms. The first-order chi connectivity index (χ1) is 13.4. The van der Waals surface area contributed by atoms with Gasteiger partial charge in [-0.15, -0.1) is 0 Å². The van der Waals surface area contributed by atoms with Crippen molar-refractivity contribution in [2.75, 3.05) is 13.1 Å². The van der Waals surface area contributed by atoms with Gasteiger partial charge < -0.3 is 5.32 Å². The van der Waals surface area contributed by atoms with E-state index in [-0.39, 0.29) is 11.8 Å². The van der Waals surface area contributed by atoms with E-state index < -0.39 is 10.0 Å². The van der Waals surface area contributed by atoms with Crippen LogP contribution in [0.3, 0.4) is 0 Å². The van der Waals surface area contributed by atoms with Gasteiger partial charge in [0.25, 0.3) is 0 Å². The topological polar surface area (TPSA) is 90.3 Å². The van der Waals surface area contributed by atoms with Crippen LogP contribution < -0.4 is 5.32 Å². The molecule has 0 aliphatic carbocycles. The van der Waals surface area contributed by atoms with Crippen molar-refractivity contribution in [3.8, 4) is 6.07 Å². The molecule has 0 radical (unpaired) electrons. The summed E-state index contributed by atoms with van der Waals surface area (Å²) in [5.74, 6) is -0.279. The fourth-order valence-corrected chi connectivity index (χ4v) is 4.77. The number of nitrogens with zero attached hydrogens (tertiary/aromatic N) is 2. The zero-order valence-electron chi connectivity index (χ0n) is 15.8. The number of benzene rings is 2. The molecule has 2 aromatic rings. The minimum absolute atomic E-state index is 0.0743. The van der Waals surface area contributed by atoms with Crippen LogP contribution >= 0.6 is 0 Å². The van der Waals surface area contributed by atoms with Crippen LogP contribution in [-0.2, 0) is 21.4 Å². The van der Waals surface area contributed by atoms with E-state index in [0.717, 1.165) is 11.1 Å². The van der Waals surface area contributed by atoms with Crippen LogP contribution in [0.2, 0.25) is 0 Å². The number of carbonyl (C=O) groups is 1. The predicted molar refractivity (Wildman–Crippen MR) is 106 cm³/mol. The van der Waals surface area contributed by atoms with Gasteiger partial charge in [0.2, 0.25) is 15.9 Å². The van der Waals surface area contributed by atoms with E-state index in [1.165, 1.54) is 4.31 Å². The number of sulfonamides is 1. The third-order valence-electron chi connectivity index (χ3n) is 5.01. The van der Waals surface area contributed by atoms with E-state index in [1.54, 1.807) is 42.5 Å². The summed E-state index contributed by atoms with van der Waals surface area (Å²) in [6, 6.07) is 16.0. The SMILES string of the molecule is Cc1ccc(S(=O)(=O)N2CCC(C(=O)NCc3cccc(C#N)c3)CC2)cc1. The number of nitrogens with one attached hydrogen (secondary N) is 1. The number of nitriles is 1. The molecule has 0 atom stereocenters. The number of hydrogen-bond acceptors (Lipinski definition) is 4. The molecule has 1 fully saturated rings. The number of rotatable bonds is 5. The van der Waals surface area contributed by atoms with Crippen molar-refractivity contribution < 1.29 is 13.2 Å². The Morgan fingerprint density at radius 1 is 1.18 bits per heavy atom. The maximum absolute atomic E-state index is 12.7. The second-order valence-electron chi connectivity index (χ2n) is 7.02. The maximum Gasteiger partial charge on any atom is 0.243 e. The van der Waals surface area contributed by atoms with Crippen molar-refractivity contribution in [1.29, 1.82) is 5.26 Å². The summed E-state index contributed by atoms with van der Waals surface area (Å²) in [6.45, 7) is 2.93. The molecule has 1 saturated heterocycles. The highest BCUT2D eigenvalue weighted by Gasteiger charge is 2.31. The van der Waals surface area contributed by atoms with E-state index in [0.29, 0.717) is 42.9 Å². The van der Waals surface area contributed by atoms with Crippen LogP contribution in [-0.4, -0.2) is 31.7 Å². The molecule has 7 heteroatoms. The lowest BCUT2D eigenvalue weighted by molar-refractivity contribution is -0.126. The largest absolute Gasteiger partial charge is 0.352 e. The van der Waals surface area contributed by atoms with Crippen LogP contribution in [0.5, 0.6) is 0 Å². The number of hydrogen-bond donors (Lipinski definition) is 1. The molecule has 0 unspecified atom stereocenters. The van der Waals surface area contributed by atoms with Gasteiger partial charge in [0.15, 0.2) is 0 Å². The first-order valence-electron chi connectivity index (χ1n) is 9.24. The average molecular weight is 398 g/mol. The Balaban J connectivity index is 1.55. The van der Waals surface area contributed by atoms with Gasteiger partial charge in [-0.05, 0) is 49.6 Å². The summed E-state index contributed by atoms with van der Waals surface area (Å²) in [5.41, 5.74) is 2.43. The zero-order chi connectivity index (χ0) is 20.1. The fraction of sp³-hybridized carbons (Fsp3) is 0.333. The van der Waals surface area contributed by atoms with Gasteiger partial charge in [0, 0.05) is 25.6 Å². The minimum atomic E-state index is -3.52. The van der Waals surface area contributed by atoms with Crippen LogP contribution in [0.15, 0.2) is 53.4 Å². The molecule has 1 N–H and O–H groups in total. The number of piperidine rings is 1. The molecule has 0 saturated carbocycles. The van der Waals surface area contributed by atoms with Crippen molar-refractivity contribution in [3.63, 3.8) is 0 Å². The summed E-state index contributed by atoms with van der Waals surface area (Å²) >= 11 is 0. The maximum atomic E-state index is 12.7. The Hall–Kier alpha value is -2.69. The zero-order valence-corrected chi connectivity index (χ0v) is 16.6. The Bertz CT molecular complexity index is 986. The quantitative estimate of drug-likeness (QED) is 0.840. The van der Waals surface area contributed by atoms with Crippen molar-refractivity contribution in [2.45, 2.75) is 31.2 Å². The molecule has 28 heavy (non-hydrogen) atoms. The van der Waals surface area contributed by atoms with Crippen LogP contribution in [0.25, 0.3) is 0 Å². The van der Waals surface area contributed by atoms with Gasteiger partial charge in [-0.3, -0.25) is 4.79 Å². The first kappa shape index (κ1) is 20.1. The first-order valence-corrected chi connectivity index (χ1v) is 10.7. The van der Waals surface area contributed by atoms with Crippen molar-refractivity contribution in [1.82, 2.24) is 9.62 Å². The minimum Gasteiger partial charge on any atom is -0.352 e. The number of aryl methyl sites for hydroxylation is 1. The van der Waals surface area contributed by atoms with Crippen LogP contribution in [0, 0.1) is 24.2 Å². The molecular formula is C21H23N3O3S. The predicted octanol–water partition coefficient (Wildman–Crippen LogP) is 2.58. The second-order valence-corrected chi connectivity index (χ2v) is 8.96. The van der Waals surface area contributed by atoms with E-state index in [9.17, 15) is 13.2 Å². The van der Waals surface area contributed by atoms with Crippen LogP contribution in [0.1, 0.15) is 29.5 Å². The van der Waals surface area contributed by atoms with Gasteiger partial charge in [-0.2, -0.15) is 9.57 Å². The van der Waals surface area contributed by atoms with Crippen LogP contribution in [0.4, 0.5) is 0 Å². The molecule has 1 aliphatic heterocycles. The lowest BCUT2D eigenvalue weighted by Crippen LogP contribution is -2.42. The van der Waals surface area contributed by atoms with Gasteiger partial charge in [-0.1, -0.05) is 29.8 Å². The summed E-state index contributed by atoms with van der Waals surface area (Å²) in [4.78, 5) is 12.7. The molecule has 1 aliphatic rings. The highest BCUT2D eigenvalue weighted by molar-refractivity contribution is 7.89. The standard InChI is InChI=1S/C21H23N3O3S/c1-16-5-7-20(8-6-16)28(26,27)24-11-9-19(10-12-24)21(25)23-15-18-4-2-3-17(13-18)14-22/h2-8,13,19H,9-12,15H2,1H3,(H,23,25). The highest BCUT2D eigenvalue weighted by Crippen LogP contribution is 2.24. The smallest absolute Gasteiger partial charge is 0.243 e. The van der Waals surface area contributed by atoms with Gasteiger partial charge in [0.1, 0.15) is 0 Å². The lowest BCUT2D eigenvalue weighted by Gasteiger charge is -2.30. The summed E-state index contributed by atoms with van der Waals surface area (Å²) in [5, 5.41) is 11.8. The molecule has 6 nitrogen and oxygen atoms in total. The Kier molecular flexibility index (Phi) is 6.12. The molecule has 2 aromatic carbocycles. The highest BCUT2D eigenvalue weighted by atomic mass is 32.2. The van der Waals surface area contributed by atoms with E-state index in [4.69, 9.17) is 5.26 Å². The number of amides is 1. The second kappa shape index (κ2) is 8.55. The van der Waals surface area contributed by atoms with Crippen molar-refractivity contribution in [3.05, 3.63) is 65.2 Å². The summed E-state index contributed by atoms with van der Waals surface area (Å²) in [6.07, 6.45) is 0.990. The Morgan fingerprint density at radius 2 is 1.86 bits per heavy atom. The van der Waals surface area contributed by atoms with Crippen molar-refractivity contribution >= 4 is 15.9 Å². The Labute approximate surface area is 165 Å². The van der Waals surface area contributed by atoms with E-state index in [2.05, 4.69) is 11.4 Å². The average Bonchev–Trinajstić information content (AvgIpc) is 2.72. The fourth-order valence-electron chi connectivity index (χ4n) is 3.30. The molecule has 0 aromatic heterocycles. The summed E-state index contributed by atoms with van der Waals surface area (Å²) < 4.78 is 26.9. The van der Waals surface area contributed by atoms with E-state index in [1.807, 2.05) is 13.0 Å². The molecule has 1 heterocycles. The van der Waals surface area contributed by atoms with Gasteiger partial charge in [0.05, 0.1) is 16.5 Å².